The van der Waals surface area contributed by atoms with Gasteiger partial charge in [0.25, 0.3) is 0 Å². The number of hydrogen-bond donors (Lipinski definition) is 1. The first-order valence-corrected chi connectivity index (χ1v) is 6.92. The van der Waals surface area contributed by atoms with Crippen molar-refractivity contribution in [2.75, 3.05) is 51.3 Å². The van der Waals surface area contributed by atoms with Gasteiger partial charge in [-0.2, -0.15) is 0 Å². The molecule has 2 saturated heterocycles. The number of nitrogens with one attached hydrogen (secondary N) is 1. The van der Waals surface area contributed by atoms with Gasteiger partial charge in [0, 0.05) is 51.4 Å². The number of methoxy groups -OCH3 is 1. The quantitative estimate of drug-likeness (QED) is 0.826. The van der Waals surface area contributed by atoms with E-state index in [4.69, 9.17) is 4.74 Å². The Kier molecular flexibility index (Phi) is 3.79. The molecule has 1 aromatic heterocycles. The normalized spacial score (nSPS) is 24.7. The Labute approximate surface area is 113 Å². The molecule has 0 amide bonds. The lowest BCUT2D eigenvalue weighted by molar-refractivity contribution is 0.185. The number of anilines is 1. The van der Waals surface area contributed by atoms with Gasteiger partial charge in [-0.1, -0.05) is 0 Å². The second kappa shape index (κ2) is 5.71. The molecule has 1 atom stereocenters. The third kappa shape index (κ3) is 2.79. The van der Waals surface area contributed by atoms with Crippen molar-refractivity contribution >= 4 is 5.82 Å². The molecular formula is C13H21N5O. The molecule has 1 unspecified atom stereocenters. The van der Waals surface area contributed by atoms with Crippen LogP contribution in [0.25, 0.3) is 0 Å². The molecular weight excluding hydrogens is 242 g/mol. The minimum atomic E-state index is 0.635. The van der Waals surface area contributed by atoms with E-state index in [1.807, 2.05) is 6.07 Å². The Morgan fingerprint density at radius 3 is 2.89 bits per heavy atom. The Bertz CT molecular complexity index is 421. The van der Waals surface area contributed by atoms with Crippen LogP contribution in [0.1, 0.15) is 6.42 Å². The van der Waals surface area contributed by atoms with Gasteiger partial charge in [-0.05, 0) is 6.42 Å². The van der Waals surface area contributed by atoms with Crippen molar-refractivity contribution in [3.8, 4) is 5.88 Å². The molecule has 19 heavy (non-hydrogen) atoms. The summed E-state index contributed by atoms with van der Waals surface area (Å²) in [5.41, 5.74) is 0. The highest BCUT2D eigenvalue weighted by Crippen LogP contribution is 2.23. The summed E-state index contributed by atoms with van der Waals surface area (Å²) >= 11 is 0. The third-order valence-corrected chi connectivity index (χ3v) is 3.99. The SMILES string of the molecule is COc1cc(N2CCC(N3CCNCC3)C2)ncn1. The van der Waals surface area contributed by atoms with Crippen molar-refractivity contribution < 1.29 is 4.74 Å². The van der Waals surface area contributed by atoms with Crippen LogP contribution >= 0.6 is 0 Å². The molecule has 6 heteroatoms. The van der Waals surface area contributed by atoms with E-state index in [1.54, 1.807) is 13.4 Å². The molecule has 0 aliphatic carbocycles. The van der Waals surface area contributed by atoms with E-state index in [1.165, 1.54) is 6.42 Å². The predicted octanol–water partition coefficient (Wildman–Crippen LogP) is -0.0309. The van der Waals surface area contributed by atoms with Crippen LogP contribution in [0, 0.1) is 0 Å². The van der Waals surface area contributed by atoms with Crippen LogP contribution in [-0.4, -0.2) is 67.3 Å². The lowest BCUT2D eigenvalue weighted by Crippen LogP contribution is -2.49. The molecule has 1 aromatic rings. The molecule has 1 N–H and O–H groups in total. The Hall–Kier alpha value is -1.40. The van der Waals surface area contributed by atoms with E-state index in [-0.39, 0.29) is 0 Å². The number of nitrogens with zero attached hydrogens (tertiary/aromatic N) is 4. The van der Waals surface area contributed by atoms with Crippen molar-refractivity contribution in [3.63, 3.8) is 0 Å². The first kappa shape index (κ1) is 12.6. The molecule has 2 aliphatic heterocycles. The zero-order chi connectivity index (χ0) is 13.1. The molecule has 6 nitrogen and oxygen atoms in total. The van der Waals surface area contributed by atoms with Crippen LogP contribution < -0.4 is 15.0 Å². The maximum atomic E-state index is 5.16. The molecule has 0 radical (unpaired) electrons. The standard InChI is InChI=1S/C13H21N5O/c1-19-13-8-12(15-10-16-13)18-5-2-11(9-18)17-6-3-14-4-7-17/h8,10-11,14H,2-7,9H2,1H3. The smallest absolute Gasteiger partial charge is 0.218 e. The van der Waals surface area contributed by atoms with Gasteiger partial charge in [0.1, 0.15) is 12.1 Å². The first-order valence-electron chi connectivity index (χ1n) is 6.92. The summed E-state index contributed by atoms with van der Waals surface area (Å²) in [4.78, 5) is 13.3. The highest BCUT2D eigenvalue weighted by atomic mass is 16.5. The molecule has 0 aromatic carbocycles. The number of ether oxygens (including phenoxy) is 1. The lowest BCUT2D eigenvalue weighted by Gasteiger charge is -2.32. The Morgan fingerprint density at radius 2 is 2.11 bits per heavy atom. The zero-order valence-electron chi connectivity index (χ0n) is 11.4. The van der Waals surface area contributed by atoms with Crippen LogP contribution in [0.3, 0.4) is 0 Å². The molecule has 0 bridgehead atoms. The largest absolute Gasteiger partial charge is 0.481 e. The second-order valence-corrected chi connectivity index (χ2v) is 5.09. The van der Waals surface area contributed by atoms with E-state index in [0.717, 1.165) is 45.1 Å². The third-order valence-electron chi connectivity index (χ3n) is 3.99. The topological polar surface area (TPSA) is 53.5 Å². The van der Waals surface area contributed by atoms with E-state index in [0.29, 0.717) is 11.9 Å². The van der Waals surface area contributed by atoms with Gasteiger partial charge in [0.2, 0.25) is 5.88 Å². The molecule has 104 valence electrons. The van der Waals surface area contributed by atoms with Gasteiger partial charge in [0.05, 0.1) is 7.11 Å². The van der Waals surface area contributed by atoms with E-state index in [2.05, 4.69) is 25.1 Å². The van der Waals surface area contributed by atoms with E-state index >= 15 is 0 Å². The zero-order valence-corrected chi connectivity index (χ0v) is 11.4. The second-order valence-electron chi connectivity index (χ2n) is 5.09. The van der Waals surface area contributed by atoms with Crippen molar-refractivity contribution in [2.45, 2.75) is 12.5 Å². The van der Waals surface area contributed by atoms with Gasteiger partial charge < -0.3 is 15.0 Å². The highest BCUT2D eigenvalue weighted by molar-refractivity contribution is 5.42. The Morgan fingerprint density at radius 1 is 1.26 bits per heavy atom. The van der Waals surface area contributed by atoms with Crippen LogP contribution in [0.2, 0.25) is 0 Å². The molecule has 2 fully saturated rings. The van der Waals surface area contributed by atoms with Crippen LogP contribution in [0.4, 0.5) is 5.82 Å². The average Bonchev–Trinajstić information content (AvgIpc) is 2.98. The van der Waals surface area contributed by atoms with Crippen LogP contribution in [0.15, 0.2) is 12.4 Å². The fraction of sp³-hybridized carbons (Fsp3) is 0.692. The maximum Gasteiger partial charge on any atom is 0.218 e. The molecule has 0 saturated carbocycles. The van der Waals surface area contributed by atoms with Gasteiger partial charge >= 0.3 is 0 Å². The minimum absolute atomic E-state index is 0.635. The van der Waals surface area contributed by atoms with Gasteiger partial charge in [0.15, 0.2) is 0 Å². The van der Waals surface area contributed by atoms with Crippen molar-refractivity contribution in [1.29, 1.82) is 0 Å². The monoisotopic (exact) mass is 263 g/mol. The summed E-state index contributed by atoms with van der Waals surface area (Å²) < 4.78 is 5.16. The molecule has 2 aliphatic rings. The summed E-state index contributed by atoms with van der Waals surface area (Å²) in [6.45, 7) is 6.65. The van der Waals surface area contributed by atoms with Crippen LogP contribution in [0.5, 0.6) is 5.88 Å². The lowest BCUT2D eigenvalue weighted by atomic mass is 10.2. The first-order chi connectivity index (χ1) is 9.36. The fourth-order valence-corrected chi connectivity index (χ4v) is 2.91. The Balaban J connectivity index is 1.64. The summed E-state index contributed by atoms with van der Waals surface area (Å²) in [7, 11) is 1.64. The summed E-state index contributed by atoms with van der Waals surface area (Å²) in [6.07, 6.45) is 2.79. The number of piperazine rings is 1. The van der Waals surface area contributed by atoms with Gasteiger partial charge in [-0.15, -0.1) is 0 Å². The van der Waals surface area contributed by atoms with E-state index in [9.17, 15) is 0 Å². The van der Waals surface area contributed by atoms with E-state index < -0.39 is 0 Å². The highest BCUT2D eigenvalue weighted by Gasteiger charge is 2.29. The van der Waals surface area contributed by atoms with Crippen molar-refractivity contribution in [1.82, 2.24) is 20.2 Å². The van der Waals surface area contributed by atoms with Crippen molar-refractivity contribution in [2.24, 2.45) is 0 Å². The molecule has 0 spiro atoms. The summed E-state index contributed by atoms with van der Waals surface area (Å²) in [5.74, 6) is 1.61. The number of hydrogen-bond acceptors (Lipinski definition) is 6. The van der Waals surface area contributed by atoms with Gasteiger partial charge in [-0.25, -0.2) is 9.97 Å². The summed E-state index contributed by atoms with van der Waals surface area (Å²) in [5, 5.41) is 3.40. The number of rotatable bonds is 3. The van der Waals surface area contributed by atoms with Crippen molar-refractivity contribution in [3.05, 3.63) is 12.4 Å². The fourth-order valence-electron chi connectivity index (χ4n) is 2.91. The minimum Gasteiger partial charge on any atom is -0.481 e. The maximum absolute atomic E-state index is 5.16. The molecule has 3 heterocycles. The van der Waals surface area contributed by atoms with Gasteiger partial charge in [-0.3, -0.25) is 4.90 Å². The summed E-state index contributed by atoms with van der Waals surface area (Å²) in [6, 6.07) is 2.57. The average molecular weight is 263 g/mol. The molecule has 3 rings (SSSR count). The number of aromatic nitrogens is 2. The van der Waals surface area contributed by atoms with Crippen LogP contribution in [-0.2, 0) is 0 Å². The predicted molar refractivity (Wildman–Crippen MR) is 73.6 cm³/mol.